The summed E-state index contributed by atoms with van der Waals surface area (Å²) in [6.07, 6.45) is 1.64. The van der Waals surface area contributed by atoms with Gasteiger partial charge in [0.05, 0.1) is 6.26 Å². The van der Waals surface area contributed by atoms with Crippen LogP contribution in [0.5, 0.6) is 0 Å². The first kappa shape index (κ1) is 17.0. The third kappa shape index (κ3) is 4.08. The molecule has 0 N–H and O–H groups in total. The lowest BCUT2D eigenvalue weighted by molar-refractivity contribution is -0.133. The van der Waals surface area contributed by atoms with Gasteiger partial charge in [0.15, 0.2) is 0 Å². The molecule has 5 nitrogen and oxygen atoms in total. The molecule has 2 rings (SSSR count). The van der Waals surface area contributed by atoms with Crippen LogP contribution in [0.4, 0.5) is 0 Å². The number of piperazine rings is 1. The van der Waals surface area contributed by atoms with Crippen molar-refractivity contribution >= 4 is 15.9 Å². The minimum absolute atomic E-state index is 0.0852. The molecule has 0 radical (unpaired) electrons. The van der Waals surface area contributed by atoms with Gasteiger partial charge in [-0.25, -0.2) is 8.42 Å². The molecule has 22 heavy (non-hydrogen) atoms. The van der Waals surface area contributed by atoms with E-state index < -0.39 is 10.0 Å². The van der Waals surface area contributed by atoms with Gasteiger partial charge in [-0.3, -0.25) is 4.79 Å². The summed E-state index contributed by atoms with van der Waals surface area (Å²) >= 11 is 0. The SMILES string of the molecule is CC(C)(CC(=O)N1CCN(S(C)(=O)=O)CC1)c1ccccc1. The molecule has 1 aromatic rings. The predicted molar refractivity (Wildman–Crippen MR) is 87.1 cm³/mol. The average molecular weight is 324 g/mol. The molecule has 1 fully saturated rings. The molecule has 1 aliphatic heterocycles. The van der Waals surface area contributed by atoms with E-state index in [2.05, 4.69) is 13.8 Å². The number of rotatable bonds is 4. The lowest BCUT2D eigenvalue weighted by Crippen LogP contribution is -2.51. The molecule has 6 heteroatoms. The quantitative estimate of drug-likeness (QED) is 0.842. The van der Waals surface area contributed by atoms with E-state index in [0.717, 1.165) is 5.56 Å². The molecule has 1 heterocycles. The van der Waals surface area contributed by atoms with Crippen molar-refractivity contribution in [2.45, 2.75) is 25.7 Å². The lowest BCUT2D eigenvalue weighted by Gasteiger charge is -2.35. The fourth-order valence-corrected chi connectivity index (χ4v) is 3.58. The van der Waals surface area contributed by atoms with Gasteiger partial charge in [-0.2, -0.15) is 4.31 Å². The van der Waals surface area contributed by atoms with Gasteiger partial charge in [0.25, 0.3) is 0 Å². The maximum Gasteiger partial charge on any atom is 0.223 e. The van der Waals surface area contributed by atoms with Crippen LogP contribution in [0.15, 0.2) is 30.3 Å². The number of carbonyl (C=O) groups is 1. The predicted octanol–water partition coefficient (Wildman–Crippen LogP) is 1.46. The highest BCUT2D eigenvalue weighted by molar-refractivity contribution is 7.88. The van der Waals surface area contributed by atoms with E-state index in [1.54, 1.807) is 4.90 Å². The monoisotopic (exact) mass is 324 g/mol. The molecule has 0 unspecified atom stereocenters. The maximum atomic E-state index is 12.5. The Bertz CT molecular complexity index is 618. The Morgan fingerprint density at radius 3 is 2.14 bits per heavy atom. The van der Waals surface area contributed by atoms with Gasteiger partial charge in [-0.15, -0.1) is 0 Å². The molecule has 1 aliphatic rings. The third-order valence-corrected chi connectivity index (χ3v) is 5.51. The summed E-state index contributed by atoms with van der Waals surface area (Å²) in [6, 6.07) is 9.99. The van der Waals surface area contributed by atoms with Gasteiger partial charge in [0, 0.05) is 32.6 Å². The van der Waals surface area contributed by atoms with E-state index in [-0.39, 0.29) is 11.3 Å². The molecule has 0 bridgehead atoms. The first-order valence-electron chi connectivity index (χ1n) is 7.48. The van der Waals surface area contributed by atoms with E-state index in [9.17, 15) is 13.2 Å². The lowest BCUT2D eigenvalue weighted by atomic mass is 9.81. The average Bonchev–Trinajstić information content (AvgIpc) is 2.47. The molecule has 1 saturated heterocycles. The fourth-order valence-electron chi connectivity index (χ4n) is 2.75. The summed E-state index contributed by atoms with van der Waals surface area (Å²) < 4.78 is 24.4. The Labute approximate surface area is 133 Å². The summed E-state index contributed by atoms with van der Waals surface area (Å²) in [5, 5.41) is 0. The third-order valence-electron chi connectivity index (χ3n) is 4.21. The van der Waals surface area contributed by atoms with Crippen LogP contribution in [-0.4, -0.2) is 56.0 Å². The Kier molecular flexibility index (Phi) is 4.92. The van der Waals surface area contributed by atoms with E-state index >= 15 is 0 Å². The van der Waals surface area contributed by atoms with Crippen LogP contribution in [0.3, 0.4) is 0 Å². The van der Waals surface area contributed by atoms with Gasteiger partial charge in [-0.1, -0.05) is 44.2 Å². The second kappa shape index (κ2) is 6.38. The van der Waals surface area contributed by atoms with Crippen molar-refractivity contribution in [2.24, 2.45) is 0 Å². The Hall–Kier alpha value is -1.40. The number of carbonyl (C=O) groups excluding carboxylic acids is 1. The fraction of sp³-hybridized carbons (Fsp3) is 0.562. The summed E-state index contributed by atoms with van der Waals surface area (Å²) in [5.74, 6) is 0.0852. The number of nitrogens with zero attached hydrogens (tertiary/aromatic N) is 2. The van der Waals surface area contributed by atoms with Crippen molar-refractivity contribution in [1.29, 1.82) is 0 Å². The normalized spacial score (nSPS) is 17.5. The van der Waals surface area contributed by atoms with Gasteiger partial charge in [-0.05, 0) is 11.0 Å². The number of hydrogen-bond donors (Lipinski definition) is 0. The summed E-state index contributed by atoms with van der Waals surface area (Å²) in [5.41, 5.74) is 0.907. The Morgan fingerprint density at radius 2 is 1.64 bits per heavy atom. The molecular weight excluding hydrogens is 300 g/mol. The molecule has 1 aromatic carbocycles. The standard InChI is InChI=1S/C16H24N2O3S/c1-16(2,14-7-5-4-6-8-14)13-15(19)17-9-11-18(12-10-17)22(3,20)21/h4-8H,9-13H2,1-3H3. The number of amides is 1. The van der Waals surface area contributed by atoms with Crippen LogP contribution in [0.2, 0.25) is 0 Å². The van der Waals surface area contributed by atoms with E-state index in [1.807, 2.05) is 30.3 Å². The first-order chi connectivity index (χ1) is 10.2. The smallest absolute Gasteiger partial charge is 0.223 e. The summed E-state index contributed by atoms with van der Waals surface area (Å²) in [7, 11) is -3.16. The zero-order valence-electron chi connectivity index (χ0n) is 13.4. The van der Waals surface area contributed by atoms with Crippen molar-refractivity contribution in [2.75, 3.05) is 32.4 Å². The highest BCUT2D eigenvalue weighted by atomic mass is 32.2. The minimum atomic E-state index is -3.16. The van der Waals surface area contributed by atoms with E-state index in [1.165, 1.54) is 10.6 Å². The van der Waals surface area contributed by atoms with Crippen molar-refractivity contribution in [1.82, 2.24) is 9.21 Å². The van der Waals surface area contributed by atoms with Crippen LogP contribution in [0.1, 0.15) is 25.8 Å². The Morgan fingerprint density at radius 1 is 1.09 bits per heavy atom. The van der Waals surface area contributed by atoms with Crippen LogP contribution < -0.4 is 0 Å². The van der Waals surface area contributed by atoms with Crippen molar-refractivity contribution in [3.05, 3.63) is 35.9 Å². The molecule has 122 valence electrons. The van der Waals surface area contributed by atoms with Crippen LogP contribution in [0, 0.1) is 0 Å². The maximum absolute atomic E-state index is 12.5. The highest BCUT2D eigenvalue weighted by Gasteiger charge is 2.30. The molecule has 1 amide bonds. The number of hydrogen-bond acceptors (Lipinski definition) is 3. The van der Waals surface area contributed by atoms with Crippen LogP contribution >= 0.6 is 0 Å². The van der Waals surface area contributed by atoms with E-state index in [4.69, 9.17) is 0 Å². The minimum Gasteiger partial charge on any atom is -0.340 e. The van der Waals surface area contributed by atoms with Gasteiger partial charge >= 0.3 is 0 Å². The Balaban J connectivity index is 1.96. The van der Waals surface area contributed by atoms with E-state index in [0.29, 0.717) is 32.6 Å². The molecule has 0 saturated carbocycles. The molecule has 0 aromatic heterocycles. The zero-order chi connectivity index (χ0) is 16.4. The summed E-state index contributed by atoms with van der Waals surface area (Å²) in [4.78, 5) is 14.3. The second-order valence-corrected chi connectivity index (χ2v) is 8.45. The van der Waals surface area contributed by atoms with Gasteiger partial charge < -0.3 is 4.90 Å². The van der Waals surface area contributed by atoms with Crippen molar-refractivity contribution in [3.8, 4) is 0 Å². The molecule has 0 atom stereocenters. The summed E-state index contributed by atoms with van der Waals surface area (Å²) in [6.45, 7) is 5.83. The molecular formula is C16H24N2O3S. The first-order valence-corrected chi connectivity index (χ1v) is 9.33. The van der Waals surface area contributed by atoms with Crippen LogP contribution in [0.25, 0.3) is 0 Å². The number of benzene rings is 1. The zero-order valence-corrected chi connectivity index (χ0v) is 14.3. The van der Waals surface area contributed by atoms with Gasteiger partial charge in [0.1, 0.15) is 0 Å². The largest absolute Gasteiger partial charge is 0.340 e. The second-order valence-electron chi connectivity index (χ2n) is 6.47. The highest BCUT2D eigenvalue weighted by Crippen LogP contribution is 2.27. The van der Waals surface area contributed by atoms with Crippen molar-refractivity contribution in [3.63, 3.8) is 0 Å². The molecule has 0 aliphatic carbocycles. The number of sulfonamides is 1. The molecule has 0 spiro atoms. The van der Waals surface area contributed by atoms with Crippen molar-refractivity contribution < 1.29 is 13.2 Å². The van der Waals surface area contributed by atoms with Crippen LogP contribution in [-0.2, 0) is 20.2 Å². The van der Waals surface area contributed by atoms with Gasteiger partial charge in [0.2, 0.25) is 15.9 Å². The topological polar surface area (TPSA) is 57.7 Å².